The Hall–Kier alpha value is -1.10. The first kappa shape index (κ1) is 18.0. The Morgan fingerprint density at radius 1 is 0.889 bits per heavy atom. The Kier molecular flexibility index (Phi) is 4.49. The summed E-state index contributed by atoms with van der Waals surface area (Å²) in [5.74, 6) is 2.48. The monoisotopic (exact) mass is 374 g/mol. The Labute approximate surface area is 162 Å². The normalized spacial score (nSPS) is 45.9. The highest BCUT2D eigenvalue weighted by atomic mass is 16.3. The Morgan fingerprint density at radius 2 is 1.52 bits per heavy atom. The number of nitrogens with one attached hydrogen (secondary N) is 1. The van der Waals surface area contributed by atoms with E-state index in [0.717, 1.165) is 82.1 Å². The van der Waals surface area contributed by atoms with Crippen LogP contribution in [0.1, 0.15) is 77.0 Å². The minimum Gasteiger partial charge on any atom is -0.391 e. The van der Waals surface area contributed by atoms with Crippen LogP contribution < -0.4 is 5.32 Å². The highest BCUT2D eigenvalue weighted by molar-refractivity contribution is 5.91. The number of aliphatic hydroxyl groups is 1. The lowest BCUT2D eigenvalue weighted by molar-refractivity contribution is -0.160. The SMILES string of the molecule is O=C(N[C@@H]1CCCC[C@@H]1O)[C@@H]1CCCN1C(=O)C12CC3CC(CC(C3)C1)C2. The summed E-state index contributed by atoms with van der Waals surface area (Å²) in [4.78, 5) is 28.6. The fraction of sp³-hybridized carbons (Fsp3) is 0.909. The summed E-state index contributed by atoms with van der Waals surface area (Å²) in [6, 6.07) is -0.456. The number of rotatable bonds is 3. The minimum atomic E-state index is -0.434. The predicted molar refractivity (Wildman–Crippen MR) is 102 cm³/mol. The van der Waals surface area contributed by atoms with Crippen molar-refractivity contribution in [3.8, 4) is 0 Å². The molecule has 150 valence electrons. The van der Waals surface area contributed by atoms with Crippen LogP contribution in [0.25, 0.3) is 0 Å². The summed E-state index contributed by atoms with van der Waals surface area (Å²) >= 11 is 0. The van der Waals surface area contributed by atoms with Gasteiger partial charge in [-0.1, -0.05) is 12.8 Å². The van der Waals surface area contributed by atoms with E-state index in [0.29, 0.717) is 0 Å². The van der Waals surface area contributed by atoms with E-state index in [9.17, 15) is 14.7 Å². The van der Waals surface area contributed by atoms with Gasteiger partial charge >= 0.3 is 0 Å². The molecule has 6 rings (SSSR count). The van der Waals surface area contributed by atoms with Gasteiger partial charge in [-0.2, -0.15) is 0 Å². The summed E-state index contributed by atoms with van der Waals surface area (Å²) in [6.45, 7) is 0.728. The molecule has 1 aliphatic heterocycles. The van der Waals surface area contributed by atoms with E-state index in [2.05, 4.69) is 5.32 Å². The van der Waals surface area contributed by atoms with Crippen LogP contribution in [0.4, 0.5) is 0 Å². The topological polar surface area (TPSA) is 69.6 Å². The standard InChI is InChI=1S/C22H34N2O3/c25-19-6-2-1-4-17(19)23-20(26)18-5-3-7-24(18)21(27)22-11-14-8-15(12-22)10-16(9-14)13-22/h14-19,25H,1-13H2,(H,23,26)/t14?,15?,16?,17-,18+,19+,22?/m1/s1. The maximum absolute atomic E-state index is 13.7. The van der Waals surface area contributed by atoms with Crippen LogP contribution in [0.5, 0.6) is 0 Å². The fourth-order valence-electron chi connectivity index (χ4n) is 7.52. The van der Waals surface area contributed by atoms with Crippen molar-refractivity contribution in [1.82, 2.24) is 10.2 Å². The molecule has 0 aromatic heterocycles. The van der Waals surface area contributed by atoms with Crippen LogP contribution in [-0.2, 0) is 9.59 Å². The van der Waals surface area contributed by atoms with Crippen LogP contribution in [0.3, 0.4) is 0 Å². The molecule has 0 aromatic carbocycles. The van der Waals surface area contributed by atoms with E-state index in [1.54, 1.807) is 0 Å². The molecule has 1 saturated heterocycles. The zero-order valence-electron chi connectivity index (χ0n) is 16.4. The zero-order valence-corrected chi connectivity index (χ0v) is 16.4. The number of hydrogen-bond acceptors (Lipinski definition) is 3. The molecule has 2 N–H and O–H groups in total. The minimum absolute atomic E-state index is 0.0310. The molecule has 4 bridgehead atoms. The third kappa shape index (κ3) is 3.10. The van der Waals surface area contributed by atoms with Gasteiger partial charge in [-0.15, -0.1) is 0 Å². The summed E-state index contributed by atoms with van der Waals surface area (Å²) < 4.78 is 0. The van der Waals surface area contributed by atoms with E-state index in [1.807, 2.05) is 4.90 Å². The number of nitrogens with zero attached hydrogens (tertiary/aromatic N) is 1. The molecule has 5 nitrogen and oxygen atoms in total. The molecule has 6 fully saturated rings. The van der Waals surface area contributed by atoms with Gasteiger partial charge in [0.1, 0.15) is 6.04 Å². The number of carbonyl (C=O) groups is 2. The average Bonchev–Trinajstić information content (AvgIpc) is 3.11. The Morgan fingerprint density at radius 3 is 2.15 bits per heavy atom. The summed E-state index contributed by atoms with van der Waals surface area (Å²) in [6.07, 6.45) is 12.1. The maximum atomic E-state index is 13.7. The molecular formula is C22H34N2O3. The van der Waals surface area contributed by atoms with Crippen molar-refractivity contribution >= 4 is 11.8 Å². The van der Waals surface area contributed by atoms with E-state index >= 15 is 0 Å². The van der Waals surface area contributed by atoms with Gasteiger partial charge in [0.25, 0.3) is 0 Å². The van der Waals surface area contributed by atoms with Gasteiger partial charge in [0.05, 0.1) is 17.6 Å². The number of hydrogen-bond donors (Lipinski definition) is 2. The van der Waals surface area contributed by atoms with E-state index in [1.165, 1.54) is 19.3 Å². The molecule has 27 heavy (non-hydrogen) atoms. The highest BCUT2D eigenvalue weighted by Gasteiger charge is 2.56. The van der Waals surface area contributed by atoms with Gasteiger partial charge in [-0.05, 0) is 82.0 Å². The lowest BCUT2D eigenvalue weighted by Gasteiger charge is -2.56. The molecule has 2 amide bonds. The second kappa shape index (κ2) is 6.75. The van der Waals surface area contributed by atoms with Crippen LogP contribution in [0, 0.1) is 23.2 Å². The maximum Gasteiger partial charge on any atom is 0.243 e. The predicted octanol–water partition coefficient (Wildman–Crippen LogP) is 2.61. The molecule has 6 aliphatic rings. The van der Waals surface area contributed by atoms with E-state index in [4.69, 9.17) is 0 Å². The summed E-state index contributed by atoms with van der Waals surface area (Å²) in [5, 5.41) is 13.3. The second-order valence-corrected chi connectivity index (χ2v) is 10.3. The van der Waals surface area contributed by atoms with Gasteiger partial charge in [-0.25, -0.2) is 0 Å². The fourth-order valence-corrected chi connectivity index (χ4v) is 7.52. The van der Waals surface area contributed by atoms with Crippen molar-refractivity contribution < 1.29 is 14.7 Å². The van der Waals surface area contributed by atoms with Crippen molar-refractivity contribution in [2.24, 2.45) is 23.2 Å². The molecule has 5 aliphatic carbocycles. The van der Waals surface area contributed by atoms with Crippen LogP contribution in [0.2, 0.25) is 0 Å². The molecule has 0 aromatic rings. The number of carbonyl (C=O) groups excluding carboxylic acids is 2. The van der Waals surface area contributed by atoms with Crippen molar-refractivity contribution in [3.63, 3.8) is 0 Å². The van der Waals surface area contributed by atoms with E-state index < -0.39 is 6.10 Å². The molecule has 5 heteroatoms. The van der Waals surface area contributed by atoms with Gasteiger partial charge in [-0.3, -0.25) is 9.59 Å². The third-order valence-corrected chi connectivity index (χ3v) is 8.37. The highest BCUT2D eigenvalue weighted by Crippen LogP contribution is 2.60. The van der Waals surface area contributed by atoms with Crippen molar-refractivity contribution in [2.75, 3.05) is 6.54 Å². The molecule has 0 unspecified atom stereocenters. The van der Waals surface area contributed by atoms with Crippen LogP contribution in [-0.4, -0.2) is 46.6 Å². The van der Waals surface area contributed by atoms with Crippen molar-refractivity contribution in [2.45, 2.75) is 95.2 Å². The molecule has 0 spiro atoms. The number of amides is 2. The first-order valence-electron chi connectivity index (χ1n) is 11.3. The lowest BCUT2D eigenvalue weighted by Crippen LogP contribution is -2.58. The largest absolute Gasteiger partial charge is 0.391 e. The third-order valence-electron chi connectivity index (χ3n) is 8.37. The molecular weight excluding hydrogens is 340 g/mol. The van der Waals surface area contributed by atoms with Crippen LogP contribution >= 0.6 is 0 Å². The summed E-state index contributed by atoms with van der Waals surface area (Å²) in [5.41, 5.74) is -0.165. The van der Waals surface area contributed by atoms with E-state index in [-0.39, 0.29) is 29.3 Å². The van der Waals surface area contributed by atoms with Gasteiger partial charge in [0, 0.05) is 6.54 Å². The Bertz CT molecular complexity index is 583. The van der Waals surface area contributed by atoms with Crippen LogP contribution in [0.15, 0.2) is 0 Å². The molecule has 1 heterocycles. The van der Waals surface area contributed by atoms with Crippen molar-refractivity contribution in [1.29, 1.82) is 0 Å². The van der Waals surface area contributed by atoms with Gasteiger partial charge in [0.2, 0.25) is 11.8 Å². The van der Waals surface area contributed by atoms with Gasteiger partial charge in [0.15, 0.2) is 0 Å². The first-order valence-corrected chi connectivity index (χ1v) is 11.3. The number of aliphatic hydroxyl groups excluding tert-OH is 1. The Balaban J connectivity index is 1.29. The lowest BCUT2D eigenvalue weighted by atomic mass is 9.49. The average molecular weight is 375 g/mol. The number of likely N-dealkylation sites (tertiary alicyclic amines) is 1. The second-order valence-electron chi connectivity index (χ2n) is 10.3. The molecule has 5 saturated carbocycles. The molecule has 3 atom stereocenters. The smallest absolute Gasteiger partial charge is 0.243 e. The quantitative estimate of drug-likeness (QED) is 0.798. The zero-order chi connectivity index (χ0) is 18.6. The summed E-state index contributed by atoms with van der Waals surface area (Å²) in [7, 11) is 0. The first-order chi connectivity index (χ1) is 13.0. The molecule has 0 radical (unpaired) electrons. The van der Waals surface area contributed by atoms with Gasteiger partial charge < -0.3 is 15.3 Å². The van der Waals surface area contributed by atoms with Crippen molar-refractivity contribution in [3.05, 3.63) is 0 Å².